The van der Waals surface area contributed by atoms with Gasteiger partial charge >= 0.3 is 0 Å². The molecule has 1 aliphatic heterocycles. The summed E-state index contributed by atoms with van der Waals surface area (Å²) in [6.07, 6.45) is 4.20. The predicted octanol–water partition coefficient (Wildman–Crippen LogP) is 2.17. The van der Waals surface area contributed by atoms with E-state index in [2.05, 4.69) is 16.7 Å². The van der Waals surface area contributed by atoms with Crippen molar-refractivity contribution in [3.05, 3.63) is 29.8 Å². The summed E-state index contributed by atoms with van der Waals surface area (Å²) in [4.78, 5) is 12.3. The van der Waals surface area contributed by atoms with Crippen LogP contribution in [0.25, 0.3) is 0 Å². The number of amides is 1. The van der Waals surface area contributed by atoms with Gasteiger partial charge in [0.2, 0.25) is 5.91 Å². The number of hydrogen-bond acceptors (Lipinski definition) is 3. The van der Waals surface area contributed by atoms with Gasteiger partial charge in [-0.1, -0.05) is 18.2 Å². The number of ether oxygens (including phenoxy) is 1. The molecular formula is C17H25ClN2O2. The van der Waals surface area contributed by atoms with Crippen molar-refractivity contribution in [3.8, 4) is 5.75 Å². The summed E-state index contributed by atoms with van der Waals surface area (Å²) in [6, 6.07) is 7.98. The van der Waals surface area contributed by atoms with Crippen LogP contribution in [0, 0.1) is 11.3 Å². The number of carbonyl (C=O) groups excluding carboxylic acids is 1. The second kappa shape index (κ2) is 7.34. The largest absolute Gasteiger partial charge is 0.496 e. The number of methoxy groups -OCH3 is 1. The minimum Gasteiger partial charge on any atom is -0.496 e. The maximum Gasteiger partial charge on any atom is 0.223 e. The lowest BCUT2D eigenvalue weighted by atomic mass is 9.92. The molecule has 1 amide bonds. The zero-order chi connectivity index (χ0) is 14.7. The average molecular weight is 325 g/mol. The van der Waals surface area contributed by atoms with Gasteiger partial charge in [-0.2, -0.15) is 0 Å². The molecule has 4 nitrogen and oxygen atoms in total. The van der Waals surface area contributed by atoms with Crippen molar-refractivity contribution in [3.63, 3.8) is 0 Å². The molecule has 3 rings (SSSR count). The van der Waals surface area contributed by atoms with Crippen molar-refractivity contribution in [2.75, 3.05) is 26.7 Å². The number of hydrogen-bond donors (Lipinski definition) is 2. The lowest BCUT2D eigenvalue weighted by molar-refractivity contribution is -0.123. The maximum absolute atomic E-state index is 12.3. The quantitative estimate of drug-likeness (QED) is 0.872. The van der Waals surface area contributed by atoms with E-state index in [1.807, 2.05) is 18.2 Å². The summed E-state index contributed by atoms with van der Waals surface area (Å²) >= 11 is 0. The monoisotopic (exact) mass is 324 g/mol. The second-order valence-electron chi connectivity index (χ2n) is 6.22. The van der Waals surface area contributed by atoms with E-state index in [1.54, 1.807) is 7.11 Å². The fraction of sp³-hybridized carbons (Fsp3) is 0.588. The molecule has 2 fully saturated rings. The number of halogens is 1. The molecule has 1 aliphatic carbocycles. The normalized spacial score (nSPS) is 21.8. The number of para-hydroxylation sites is 1. The molecule has 0 aromatic heterocycles. The zero-order valence-corrected chi connectivity index (χ0v) is 13.9. The Morgan fingerprint density at radius 2 is 2.09 bits per heavy atom. The Hall–Kier alpha value is -1.26. The highest BCUT2D eigenvalue weighted by Gasteiger charge is 2.57. The molecule has 1 saturated heterocycles. The lowest BCUT2D eigenvalue weighted by Gasteiger charge is -2.23. The summed E-state index contributed by atoms with van der Waals surface area (Å²) in [5, 5.41) is 6.47. The Morgan fingerprint density at radius 1 is 1.36 bits per heavy atom. The van der Waals surface area contributed by atoms with E-state index in [0.717, 1.165) is 50.1 Å². The van der Waals surface area contributed by atoms with Crippen molar-refractivity contribution in [1.82, 2.24) is 10.6 Å². The minimum absolute atomic E-state index is 0. The molecule has 5 heteroatoms. The van der Waals surface area contributed by atoms with Crippen LogP contribution in [0.2, 0.25) is 0 Å². The van der Waals surface area contributed by atoms with Gasteiger partial charge in [0.05, 0.1) is 7.11 Å². The Balaban J connectivity index is 0.00000176. The summed E-state index contributed by atoms with van der Waals surface area (Å²) in [6.45, 7) is 2.81. The number of benzene rings is 1. The van der Waals surface area contributed by atoms with E-state index in [9.17, 15) is 4.79 Å². The first-order chi connectivity index (χ1) is 10.2. The third-order valence-corrected chi connectivity index (χ3v) is 4.99. The molecule has 1 heterocycles. The van der Waals surface area contributed by atoms with Crippen LogP contribution in [-0.2, 0) is 11.2 Å². The van der Waals surface area contributed by atoms with Crippen LogP contribution in [0.3, 0.4) is 0 Å². The van der Waals surface area contributed by atoms with Gasteiger partial charge in [-0.05, 0) is 55.8 Å². The average Bonchev–Trinajstić information content (AvgIpc) is 3.21. The number of piperidine rings is 1. The molecular weight excluding hydrogens is 300 g/mol. The highest BCUT2D eigenvalue weighted by molar-refractivity contribution is 5.85. The summed E-state index contributed by atoms with van der Waals surface area (Å²) in [5.74, 6) is 1.39. The molecule has 122 valence electrons. The molecule has 1 saturated carbocycles. The van der Waals surface area contributed by atoms with Crippen molar-refractivity contribution >= 4 is 18.3 Å². The van der Waals surface area contributed by atoms with Crippen LogP contribution in [-0.4, -0.2) is 32.7 Å². The summed E-state index contributed by atoms with van der Waals surface area (Å²) < 4.78 is 5.33. The Labute approximate surface area is 138 Å². The van der Waals surface area contributed by atoms with Gasteiger partial charge in [-0.25, -0.2) is 0 Å². The van der Waals surface area contributed by atoms with Gasteiger partial charge in [-0.3, -0.25) is 4.79 Å². The van der Waals surface area contributed by atoms with Gasteiger partial charge in [0.1, 0.15) is 5.75 Å². The van der Waals surface area contributed by atoms with Crippen LogP contribution >= 0.6 is 12.4 Å². The van der Waals surface area contributed by atoms with Crippen LogP contribution < -0.4 is 15.4 Å². The van der Waals surface area contributed by atoms with Gasteiger partial charge in [0.25, 0.3) is 0 Å². The number of carbonyl (C=O) groups is 1. The van der Waals surface area contributed by atoms with Crippen LogP contribution in [0.4, 0.5) is 0 Å². The van der Waals surface area contributed by atoms with Crippen LogP contribution in [0.15, 0.2) is 24.3 Å². The molecule has 1 spiro atoms. The summed E-state index contributed by atoms with van der Waals surface area (Å²) in [7, 11) is 1.68. The molecule has 2 N–H and O–H groups in total. The van der Waals surface area contributed by atoms with Gasteiger partial charge in [0.15, 0.2) is 0 Å². The van der Waals surface area contributed by atoms with Gasteiger partial charge in [-0.15, -0.1) is 12.4 Å². The minimum atomic E-state index is 0. The van der Waals surface area contributed by atoms with Crippen LogP contribution in [0.5, 0.6) is 5.75 Å². The molecule has 0 bridgehead atoms. The fourth-order valence-electron chi connectivity index (χ4n) is 3.55. The molecule has 0 radical (unpaired) electrons. The van der Waals surface area contributed by atoms with E-state index in [0.29, 0.717) is 12.0 Å². The van der Waals surface area contributed by atoms with Crippen molar-refractivity contribution < 1.29 is 9.53 Å². The third-order valence-electron chi connectivity index (χ3n) is 4.99. The molecule has 1 aromatic carbocycles. The summed E-state index contributed by atoms with van der Waals surface area (Å²) in [5.41, 5.74) is 1.47. The zero-order valence-electron chi connectivity index (χ0n) is 13.1. The Morgan fingerprint density at radius 3 is 2.82 bits per heavy atom. The van der Waals surface area contributed by atoms with Crippen molar-refractivity contribution in [2.24, 2.45) is 11.3 Å². The molecule has 2 aliphatic rings. The topological polar surface area (TPSA) is 50.4 Å². The van der Waals surface area contributed by atoms with Gasteiger partial charge in [0, 0.05) is 12.5 Å². The second-order valence-corrected chi connectivity index (χ2v) is 6.22. The molecule has 1 atom stereocenters. The third kappa shape index (κ3) is 3.55. The van der Waals surface area contributed by atoms with E-state index in [-0.39, 0.29) is 24.2 Å². The van der Waals surface area contributed by atoms with E-state index >= 15 is 0 Å². The molecule has 1 aromatic rings. The SMILES string of the molecule is COc1ccccc1CCNC(=O)C1CC12CCNCC2.Cl. The highest BCUT2D eigenvalue weighted by Crippen LogP contribution is 2.58. The van der Waals surface area contributed by atoms with Crippen LogP contribution in [0.1, 0.15) is 24.8 Å². The standard InChI is InChI=1S/C17H24N2O2.ClH/c1-21-15-5-3-2-4-13(15)6-9-19-16(20)14-12-17(14)7-10-18-11-8-17;/h2-5,14,18H,6-12H2,1H3,(H,19,20);1H. The van der Waals surface area contributed by atoms with E-state index in [1.165, 1.54) is 0 Å². The number of nitrogens with one attached hydrogen (secondary N) is 2. The van der Waals surface area contributed by atoms with E-state index < -0.39 is 0 Å². The predicted molar refractivity (Wildman–Crippen MR) is 89.6 cm³/mol. The molecule has 22 heavy (non-hydrogen) atoms. The number of rotatable bonds is 5. The van der Waals surface area contributed by atoms with Gasteiger partial charge < -0.3 is 15.4 Å². The van der Waals surface area contributed by atoms with Crippen molar-refractivity contribution in [2.45, 2.75) is 25.7 Å². The first-order valence-corrected chi connectivity index (χ1v) is 7.85. The first kappa shape index (κ1) is 17.1. The van der Waals surface area contributed by atoms with E-state index in [4.69, 9.17) is 4.74 Å². The first-order valence-electron chi connectivity index (χ1n) is 7.85. The van der Waals surface area contributed by atoms with Crippen molar-refractivity contribution in [1.29, 1.82) is 0 Å². The lowest BCUT2D eigenvalue weighted by Crippen LogP contribution is -2.34. The smallest absolute Gasteiger partial charge is 0.223 e. The highest BCUT2D eigenvalue weighted by atomic mass is 35.5. The Bertz CT molecular complexity index is 515. The molecule has 1 unspecified atom stereocenters. The fourth-order valence-corrected chi connectivity index (χ4v) is 3.55. The Kier molecular flexibility index (Phi) is 5.70. The maximum atomic E-state index is 12.3.